The summed E-state index contributed by atoms with van der Waals surface area (Å²) in [6.07, 6.45) is 1.07. The highest BCUT2D eigenvalue weighted by Crippen LogP contribution is 2.18. The molecule has 138 valence electrons. The molecule has 1 fully saturated rings. The van der Waals surface area contributed by atoms with Gasteiger partial charge in [-0.3, -0.25) is 9.69 Å². The van der Waals surface area contributed by atoms with Gasteiger partial charge in [-0.15, -0.1) is 0 Å². The lowest BCUT2D eigenvalue weighted by Gasteiger charge is -2.33. The van der Waals surface area contributed by atoms with Crippen LogP contribution in [0.3, 0.4) is 0 Å². The SMILES string of the molecule is COc1cccc(CC2CN(Cc3ccc(NC(C)=O)cc3)CCO2)c1. The quantitative estimate of drug-likeness (QED) is 0.866. The first-order chi connectivity index (χ1) is 12.6. The number of ether oxygens (including phenoxy) is 2. The number of nitrogens with one attached hydrogen (secondary N) is 1. The van der Waals surface area contributed by atoms with Crippen molar-refractivity contribution in [3.63, 3.8) is 0 Å². The first-order valence-corrected chi connectivity index (χ1v) is 8.96. The Bertz CT molecular complexity index is 730. The number of morpholine rings is 1. The molecule has 1 atom stereocenters. The third-order valence-electron chi connectivity index (χ3n) is 4.50. The largest absolute Gasteiger partial charge is 0.497 e. The molecule has 2 aromatic rings. The molecule has 1 saturated heterocycles. The van der Waals surface area contributed by atoms with E-state index in [-0.39, 0.29) is 12.0 Å². The van der Waals surface area contributed by atoms with Gasteiger partial charge in [0.2, 0.25) is 5.91 Å². The van der Waals surface area contributed by atoms with Gasteiger partial charge in [0.05, 0.1) is 19.8 Å². The monoisotopic (exact) mass is 354 g/mol. The Morgan fingerprint density at radius 1 is 1.23 bits per heavy atom. The Labute approximate surface area is 154 Å². The lowest BCUT2D eigenvalue weighted by molar-refractivity contribution is -0.114. The van der Waals surface area contributed by atoms with Crippen LogP contribution in [-0.4, -0.2) is 43.7 Å². The van der Waals surface area contributed by atoms with Gasteiger partial charge in [-0.25, -0.2) is 0 Å². The fraction of sp³-hybridized carbons (Fsp3) is 0.381. The Balaban J connectivity index is 1.55. The van der Waals surface area contributed by atoms with E-state index >= 15 is 0 Å². The zero-order valence-corrected chi connectivity index (χ0v) is 15.4. The van der Waals surface area contributed by atoms with Crippen LogP contribution in [0.4, 0.5) is 5.69 Å². The second-order valence-corrected chi connectivity index (χ2v) is 6.66. The number of anilines is 1. The van der Waals surface area contributed by atoms with Crippen molar-refractivity contribution in [2.24, 2.45) is 0 Å². The van der Waals surface area contributed by atoms with Crippen LogP contribution < -0.4 is 10.1 Å². The van der Waals surface area contributed by atoms with E-state index in [2.05, 4.69) is 34.5 Å². The zero-order valence-electron chi connectivity index (χ0n) is 15.4. The smallest absolute Gasteiger partial charge is 0.221 e. The standard InChI is InChI=1S/C21H26N2O3/c1-16(24)22-19-8-6-17(7-9-19)14-23-10-11-26-21(15-23)13-18-4-3-5-20(12-18)25-2/h3-9,12,21H,10-11,13-15H2,1-2H3,(H,22,24). The summed E-state index contributed by atoms with van der Waals surface area (Å²) in [5.74, 6) is 0.834. The fourth-order valence-corrected chi connectivity index (χ4v) is 3.26. The van der Waals surface area contributed by atoms with Crippen LogP contribution in [0.25, 0.3) is 0 Å². The maximum Gasteiger partial charge on any atom is 0.221 e. The minimum atomic E-state index is -0.0497. The minimum Gasteiger partial charge on any atom is -0.497 e. The molecule has 0 bridgehead atoms. The number of rotatable bonds is 6. The molecule has 1 unspecified atom stereocenters. The molecule has 1 N–H and O–H groups in total. The Hall–Kier alpha value is -2.37. The normalized spacial score (nSPS) is 17.7. The highest BCUT2D eigenvalue weighted by Gasteiger charge is 2.21. The molecular weight excluding hydrogens is 328 g/mol. The molecule has 1 amide bonds. The molecule has 1 aliphatic rings. The van der Waals surface area contributed by atoms with Crippen LogP contribution >= 0.6 is 0 Å². The topological polar surface area (TPSA) is 50.8 Å². The summed E-state index contributed by atoms with van der Waals surface area (Å²) in [6, 6.07) is 16.2. The molecule has 26 heavy (non-hydrogen) atoms. The van der Waals surface area contributed by atoms with Crippen molar-refractivity contribution in [1.82, 2.24) is 4.90 Å². The van der Waals surface area contributed by atoms with Crippen molar-refractivity contribution in [2.45, 2.75) is 26.0 Å². The first-order valence-electron chi connectivity index (χ1n) is 8.96. The van der Waals surface area contributed by atoms with Gasteiger partial charge in [0.25, 0.3) is 0 Å². The number of carbonyl (C=O) groups is 1. The van der Waals surface area contributed by atoms with Crippen LogP contribution in [-0.2, 0) is 22.5 Å². The van der Waals surface area contributed by atoms with Crippen molar-refractivity contribution in [3.8, 4) is 5.75 Å². The van der Waals surface area contributed by atoms with Gasteiger partial charge >= 0.3 is 0 Å². The Morgan fingerprint density at radius 3 is 2.77 bits per heavy atom. The Kier molecular flexibility index (Phi) is 6.26. The van der Waals surface area contributed by atoms with E-state index in [0.29, 0.717) is 0 Å². The summed E-state index contributed by atoms with van der Waals surface area (Å²) in [5, 5.41) is 2.80. The molecule has 0 aliphatic carbocycles. The first kappa shape index (κ1) is 18.4. The highest BCUT2D eigenvalue weighted by atomic mass is 16.5. The van der Waals surface area contributed by atoms with E-state index in [4.69, 9.17) is 9.47 Å². The average molecular weight is 354 g/mol. The zero-order chi connectivity index (χ0) is 18.4. The van der Waals surface area contributed by atoms with Gasteiger partial charge < -0.3 is 14.8 Å². The van der Waals surface area contributed by atoms with Crippen LogP contribution in [0.1, 0.15) is 18.1 Å². The molecule has 5 heteroatoms. The van der Waals surface area contributed by atoms with Crippen molar-refractivity contribution >= 4 is 11.6 Å². The van der Waals surface area contributed by atoms with Crippen molar-refractivity contribution in [2.75, 3.05) is 32.1 Å². The third-order valence-corrected chi connectivity index (χ3v) is 4.50. The van der Waals surface area contributed by atoms with Crippen LogP contribution in [0.5, 0.6) is 5.75 Å². The van der Waals surface area contributed by atoms with Gasteiger partial charge in [-0.05, 0) is 35.4 Å². The maximum absolute atomic E-state index is 11.1. The molecule has 1 heterocycles. The van der Waals surface area contributed by atoms with E-state index < -0.39 is 0 Å². The fourth-order valence-electron chi connectivity index (χ4n) is 3.26. The second-order valence-electron chi connectivity index (χ2n) is 6.66. The summed E-state index contributed by atoms with van der Waals surface area (Å²) in [6.45, 7) is 4.99. The molecule has 2 aromatic carbocycles. The van der Waals surface area contributed by atoms with E-state index in [9.17, 15) is 4.79 Å². The van der Waals surface area contributed by atoms with Gasteiger partial charge in [-0.1, -0.05) is 24.3 Å². The molecule has 0 saturated carbocycles. The van der Waals surface area contributed by atoms with E-state index in [0.717, 1.165) is 44.1 Å². The van der Waals surface area contributed by atoms with Crippen LogP contribution in [0.2, 0.25) is 0 Å². The predicted molar refractivity (Wildman–Crippen MR) is 102 cm³/mol. The summed E-state index contributed by atoms with van der Waals surface area (Å²) >= 11 is 0. The van der Waals surface area contributed by atoms with Gasteiger partial charge in [0.1, 0.15) is 5.75 Å². The van der Waals surface area contributed by atoms with E-state index in [1.54, 1.807) is 7.11 Å². The molecule has 1 aliphatic heterocycles. The Morgan fingerprint density at radius 2 is 2.04 bits per heavy atom. The number of hydrogen-bond donors (Lipinski definition) is 1. The van der Waals surface area contributed by atoms with Gasteiger partial charge in [0.15, 0.2) is 0 Å². The van der Waals surface area contributed by atoms with Crippen molar-refractivity contribution in [1.29, 1.82) is 0 Å². The molecular formula is C21H26N2O3. The summed E-state index contributed by atoms with van der Waals surface area (Å²) in [7, 11) is 1.69. The van der Waals surface area contributed by atoms with Crippen LogP contribution in [0.15, 0.2) is 48.5 Å². The van der Waals surface area contributed by atoms with Gasteiger partial charge in [-0.2, -0.15) is 0 Å². The molecule has 3 rings (SSSR count). The summed E-state index contributed by atoms with van der Waals surface area (Å²) < 4.78 is 11.3. The minimum absolute atomic E-state index is 0.0497. The van der Waals surface area contributed by atoms with E-state index in [1.807, 2.05) is 24.3 Å². The number of hydrogen-bond acceptors (Lipinski definition) is 4. The number of amides is 1. The number of benzene rings is 2. The maximum atomic E-state index is 11.1. The highest BCUT2D eigenvalue weighted by molar-refractivity contribution is 5.88. The lowest BCUT2D eigenvalue weighted by atomic mass is 10.1. The van der Waals surface area contributed by atoms with Crippen molar-refractivity contribution < 1.29 is 14.3 Å². The molecule has 5 nitrogen and oxygen atoms in total. The summed E-state index contributed by atoms with van der Waals surface area (Å²) in [5.41, 5.74) is 3.30. The second kappa shape index (κ2) is 8.83. The molecule has 0 spiro atoms. The molecule has 0 aromatic heterocycles. The van der Waals surface area contributed by atoms with Crippen molar-refractivity contribution in [3.05, 3.63) is 59.7 Å². The number of nitrogens with zero attached hydrogens (tertiary/aromatic N) is 1. The third kappa shape index (κ3) is 5.31. The number of methoxy groups -OCH3 is 1. The average Bonchev–Trinajstić information content (AvgIpc) is 2.63. The molecule has 0 radical (unpaired) electrons. The predicted octanol–water partition coefficient (Wildman–Crippen LogP) is 3.10. The lowest BCUT2D eigenvalue weighted by Crippen LogP contribution is -2.42. The summed E-state index contributed by atoms with van der Waals surface area (Å²) in [4.78, 5) is 13.5. The van der Waals surface area contributed by atoms with Gasteiger partial charge in [0, 0.05) is 38.7 Å². The number of carbonyl (C=O) groups excluding carboxylic acids is 1. The van der Waals surface area contributed by atoms with Crippen LogP contribution in [0, 0.1) is 0 Å². The van der Waals surface area contributed by atoms with E-state index in [1.165, 1.54) is 18.1 Å².